The van der Waals surface area contributed by atoms with E-state index >= 15 is 0 Å². The molecule has 0 atom stereocenters. The van der Waals surface area contributed by atoms with Gasteiger partial charge in [0.25, 0.3) is 0 Å². The third-order valence-electron chi connectivity index (χ3n) is 4.02. The van der Waals surface area contributed by atoms with Gasteiger partial charge in [-0.15, -0.1) is 0 Å². The summed E-state index contributed by atoms with van der Waals surface area (Å²) in [5.41, 5.74) is -0.245. The molecule has 8 nitrogen and oxygen atoms in total. The average Bonchev–Trinajstić information content (AvgIpc) is 2.84. The maximum atomic E-state index is 11.5. The second-order valence-electron chi connectivity index (χ2n) is 5.76. The summed E-state index contributed by atoms with van der Waals surface area (Å²) in [6.45, 7) is 0. The van der Waals surface area contributed by atoms with Gasteiger partial charge in [0.1, 0.15) is 12.1 Å². The van der Waals surface area contributed by atoms with Crippen LogP contribution in [-0.4, -0.2) is 25.9 Å². The van der Waals surface area contributed by atoms with Crippen molar-refractivity contribution >= 4 is 11.5 Å². The maximum absolute atomic E-state index is 11.5. The first-order valence-corrected chi connectivity index (χ1v) is 8.08. The number of rotatable bonds is 5. The zero-order valence-electron chi connectivity index (χ0n) is 13.2. The van der Waals surface area contributed by atoms with Crippen LogP contribution in [0.2, 0.25) is 0 Å². The monoisotopic (exact) mass is 329 g/mol. The molecule has 0 amide bonds. The summed E-state index contributed by atoms with van der Waals surface area (Å²) in [6.07, 6.45) is 11.0. The van der Waals surface area contributed by atoms with Crippen molar-refractivity contribution in [1.29, 1.82) is 0 Å². The van der Waals surface area contributed by atoms with Gasteiger partial charge < -0.3 is 10.1 Å². The van der Waals surface area contributed by atoms with Gasteiger partial charge in [-0.3, -0.25) is 15.1 Å². The lowest BCUT2D eigenvalue weighted by Crippen LogP contribution is -2.20. The molecule has 1 fully saturated rings. The Balaban J connectivity index is 1.86. The van der Waals surface area contributed by atoms with E-state index in [0.717, 1.165) is 25.7 Å². The molecule has 1 aliphatic rings. The smallest absolute Gasteiger partial charge is 0.373 e. The predicted octanol–water partition coefficient (Wildman–Crippen LogP) is 3.71. The zero-order chi connectivity index (χ0) is 16.8. The van der Waals surface area contributed by atoms with Crippen molar-refractivity contribution in [3.63, 3.8) is 0 Å². The van der Waals surface area contributed by atoms with Crippen LogP contribution in [-0.2, 0) is 0 Å². The minimum atomic E-state index is -0.509. The van der Waals surface area contributed by atoms with E-state index in [9.17, 15) is 10.1 Å². The third kappa shape index (κ3) is 3.95. The Morgan fingerprint density at radius 2 is 2.00 bits per heavy atom. The number of pyridine rings is 1. The van der Waals surface area contributed by atoms with Crippen LogP contribution < -0.4 is 10.1 Å². The van der Waals surface area contributed by atoms with E-state index in [1.54, 1.807) is 18.3 Å². The van der Waals surface area contributed by atoms with E-state index in [4.69, 9.17) is 4.74 Å². The molecule has 0 bridgehead atoms. The molecule has 2 aromatic rings. The van der Waals surface area contributed by atoms with Crippen LogP contribution >= 0.6 is 0 Å². The molecule has 24 heavy (non-hydrogen) atoms. The maximum Gasteiger partial charge on any atom is 0.373 e. The molecule has 0 saturated heterocycles. The molecule has 2 heterocycles. The summed E-state index contributed by atoms with van der Waals surface area (Å²) >= 11 is 0. The summed E-state index contributed by atoms with van der Waals surface area (Å²) in [6, 6.07) is 3.54. The number of nitro groups is 1. The van der Waals surface area contributed by atoms with E-state index in [1.165, 1.54) is 25.4 Å². The minimum absolute atomic E-state index is 0.0841. The van der Waals surface area contributed by atoms with Gasteiger partial charge in [0.2, 0.25) is 5.82 Å². The minimum Gasteiger partial charge on any atom is -0.432 e. The molecule has 0 spiro atoms. The first-order valence-electron chi connectivity index (χ1n) is 8.08. The highest BCUT2D eigenvalue weighted by Crippen LogP contribution is 2.35. The fraction of sp³-hybridized carbons (Fsp3) is 0.438. The van der Waals surface area contributed by atoms with Gasteiger partial charge in [-0.2, -0.15) is 4.98 Å². The van der Waals surface area contributed by atoms with Crippen LogP contribution in [0.4, 0.5) is 11.5 Å². The molecular formula is C16H19N5O3. The number of hydrogen-bond acceptors (Lipinski definition) is 7. The average molecular weight is 329 g/mol. The van der Waals surface area contributed by atoms with Gasteiger partial charge in [-0.25, -0.2) is 4.98 Å². The quantitative estimate of drug-likeness (QED) is 0.506. The lowest BCUT2D eigenvalue weighted by molar-refractivity contribution is -0.385. The third-order valence-corrected chi connectivity index (χ3v) is 4.02. The number of hydrogen-bond donors (Lipinski definition) is 1. The fourth-order valence-electron chi connectivity index (χ4n) is 2.84. The van der Waals surface area contributed by atoms with Gasteiger partial charge in [0, 0.05) is 12.2 Å². The standard InChI is InChI=1S/C16H19N5O3/c22-21(23)14-15(20-12-6-3-1-2-4-7-12)18-11-19-16(14)24-13-8-5-9-17-10-13/h5,8-12H,1-4,6-7H2,(H,18,19,20). The molecule has 8 heteroatoms. The molecule has 1 saturated carbocycles. The van der Waals surface area contributed by atoms with Gasteiger partial charge in [0.05, 0.1) is 11.1 Å². The van der Waals surface area contributed by atoms with Crippen molar-refractivity contribution < 1.29 is 9.66 Å². The molecule has 126 valence electrons. The summed E-state index contributed by atoms with van der Waals surface area (Å²) in [4.78, 5) is 22.9. The topological polar surface area (TPSA) is 103 Å². The molecular weight excluding hydrogens is 310 g/mol. The first-order chi connectivity index (χ1) is 11.7. The number of ether oxygens (including phenoxy) is 1. The Morgan fingerprint density at radius 1 is 1.21 bits per heavy atom. The van der Waals surface area contributed by atoms with Crippen LogP contribution in [0, 0.1) is 10.1 Å². The SMILES string of the molecule is O=[N+]([O-])c1c(NC2CCCCCC2)ncnc1Oc1cccnc1. The Hall–Kier alpha value is -2.77. The van der Waals surface area contributed by atoms with Crippen LogP contribution in [0.5, 0.6) is 11.6 Å². The Morgan fingerprint density at radius 3 is 2.67 bits per heavy atom. The number of nitrogens with zero attached hydrogens (tertiary/aromatic N) is 4. The number of nitrogens with one attached hydrogen (secondary N) is 1. The van der Waals surface area contributed by atoms with Crippen LogP contribution in [0.25, 0.3) is 0 Å². The molecule has 1 N–H and O–H groups in total. The number of anilines is 1. The summed E-state index contributed by atoms with van der Waals surface area (Å²) in [5, 5.41) is 14.7. The molecule has 0 aromatic carbocycles. The van der Waals surface area contributed by atoms with Crippen molar-refractivity contribution in [1.82, 2.24) is 15.0 Å². The van der Waals surface area contributed by atoms with Gasteiger partial charge in [0.15, 0.2) is 0 Å². The second-order valence-corrected chi connectivity index (χ2v) is 5.76. The van der Waals surface area contributed by atoms with Gasteiger partial charge in [-0.05, 0) is 25.0 Å². The molecule has 0 unspecified atom stereocenters. The van der Waals surface area contributed by atoms with Gasteiger partial charge >= 0.3 is 11.6 Å². The number of aromatic nitrogens is 3. The van der Waals surface area contributed by atoms with Crippen molar-refractivity contribution in [3.05, 3.63) is 41.0 Å². The van der Waals surface area contributed by atoms with Crippen molar-refractivity contribution in [2.45, 2.75) is 44.6 Å². The van der Waals surface area contributed by atoms with E-state index in [1.807, 2.05) is 0 Å². The Kier molecular flexibility index (Phi) is 5.15. The van der Waals surface area contributed by atoms with E-state index in [2.05, 4.69) is 20.3 Å². The first kappa shape index (κ1) is 16.1. The fourth-order valence-corrected chi connectivity index (χ4v) is 2.84. The molecule has 0 radical (unpaired) electrons. The molecule has 0 aliphatic heterocycles. The van der Waals surface area contributed by atoms with E-state index < -0.39 is 4.92 Å². The summed E-state index contributed by atoms with van der Waals surface area (Å²) in [7, 11) is 0. The predicted molar refractivity (Wildman–Crippen MR) is 88.1 cm³/mol. The summed E-state index contributed by atoms with van der Waals surface area (Å²) in [5.74, 6) is 0.514. The van der Waals surface area contributed by atoms with Crippen molar-refractivity contribution in [2.24, 2.45) is 0 Å². The highest BCUT2D eigenvalue weighted by molar-refractivity contribution is 5.62. The molecule has 2 aromatic heterocycles. The van der Waals surface area contributed by atoms with E-state index in [0.29, 0.717) is 5.75 Å². The second kappa shape index (κ2) is 7.67. The van der Waals surface area contributed by atoms with Crippen LogP contribution in [0.15, 0.2) is 30.9 Å². The molecule has 3 rings (SSSR count). The lowest BCUT2D eigenvalue weighted by Gasteiger charge is -2.17. The Labute approximate surface area is 139 Å². The largest absolute Gasteiger partial charge is 0.432 e. The Bertz CT molecular complexity index is 687. The lowest BCUT2D eigenvalue weighted by atomic mass is 10.1. The van der Waals surface area contributed by atoms with Crippen LogP contribution in [0.3, 0.4) is 0 Å². The highest BCUT2D eigenvalue weighted by Gasteiger charge is 2.27. The summed E-state index contributed by atoms with van der Waals surface area (Å²) < 4.78 is 5.53. The molecule has 1 aliphatic carbocycles. The van der Waals surface area contributed by atoms with Gasteiger partial charge in [-0.1, -0.05) is 25.7 Å². The zero-order valence-corrected chi connectivity index (χ0v) is 13.2. The van der Waals surface area contributed by atoms with E-state index in [-0.39, 0.29) is 23.4 Å². The van der Waals surface area contributed by atoms with Crippen molar-refractivity contribution in [2.75, 3.05) is 5.32 Å². The van der Waals surface area contributed by atoms with Crippen molar-refractivity contribution in [3.8, 4) is 11.6 Å². The highest BCUT2D eigenvalue weighted by atomic mass is 16.6. The van der Waals surface area contributed by atoms with Crippen LogP contribution in [0.1, 0.15) is 38.5 Å². The normalized spacial score (nSPS) is 15.5.